The van der Waals surface area contributed by atoms with Crippen LogP contribution in [0.5, 0.6) is 5.75 Å². The number of aliphatic hydroxyl groups is 1. The Kier molecular flexibility index (Phi) is 7.27. The van der Waals surface area contributed by atoms with E-state index in [1.54, 1.807) is 17.2 Å². The van der Waals surface area contributed by atoms with Crippen LogP contribution < -0.4 is 16.0 Å². The molecule has 0 bridgehead atoms. The Morgan fingerprint density at radius 3 is 2.59 bits per heavy atom. The molecule has 190 valence electrons. The lowest BCUT2D eigenvalue weighted by Crippen LogP contribution is -2.47. The molecule has 0 radical (unpaired) electrons. The van der Waals surface area contributed by atoms with Gasteiger partial charge < -0.3 is 14.8 Å². The highest BCUT2D eigenvalue weighted by atomic mass is 19.1. The van der Waals surface area contributed by atoms with E-state index in [1.165, 1.54) is 18.2 Å². The van der Waals surface area contributed by atoms with Crippen LogP contribution in [0.4, 0.5) is 10.1 Å². The molecule has 0 saturated carbocycles. The van der Waals surface area contributed by atoms with Crippen molar-refractivity contribution in [3.8, 4) is 5.75 Å². The second kappa shape index (κ2) is 10.9. The minimum Gasteiger partial charge on any atom is -0.389 e. The molecule has 4 aromatic rings. The number of hydrogen-bond donors (Lipinski definition) is 3. The number of carbonyl (C=O) groups excluding carboxylic acids is 1. The summed E-state index contributed by atoms with van der Waals surface area (Å²) in [6.07, 6.45) is 3.05. The Labute approximate surface area is 213 Å². The number of carbonyl (C=O) groups is 1. The van der Waals surface area contributed by atoms with Gasteiger partial charge in [0.25, 0.3) is 5.91 Å². The van der Waals surface area contributed by atoms with Crippen LogP contribution in [0.25, 0.3) is 10.9 Å². The largest absolute Gasteiger partial charge is 0.389 e. The van der Waals surface area contributed by atoms with E-state index in [9.17, 15) is 14.3 Å². The summed E-state index contributed by atoms with van der Waals surface area (Å²) in [4.78, 5) is 29.3. The lowest BCUT2D eigenvalue weighted by Gasteiger charge is -2.38. The van der Waals surface area contributed by atoms with E-state index < -0.39 is 17.3 Å². The molecule has 1 aromatic heterocycles. The zero-order valence-corrected chi connectivity index (χ0v) is 20.1. The Balaban J connectivity index is 1.13. The number of pyridine rings is 1. The maximum atomic E-state index is 14.8. The minimum absolute atomic E-state index is 0.0370. The van der Waals surface area contributed by atoms with Crippen molar-refractivity contribution in [2.75, 3.05) is 18.6 Å². The van der Waals surface area contributed by atoms with Crippen LogP contribution in [-0.4, -0.2) is 39.6 Å². The van der Waals surface area contributed by atoms with Gasteiger partial charge in [0.1, 0.15) is 11.3 Å². The first kappa shape index (κ1) is 24.6. The molecule has 1 saturated heterocycles. The fourth-order valence-electron chi connectivity index (χ4n) is 4.51. The molecule has 5 rings (SSSR count). The smallest absolute Gasteiger partial charge is 0.256 e. The number of fused-ring (bicyclic) bond motifs is 1. The molecular weight excluding hydrogens is 475 g/mol. The van der Waals surface area contributed by atoms with Gasteiger partial charge in [-0.1, -0.05) is 48.5 Å². The van der Waals surface area contributed by atoms with Crippen LogP contribution in [0.15, 0.2) is 85.1 Å². The van der Waals surface area contributed by atoms with Crippen molar-refractivity contribution in [3.63, 3.8) is 0 Å². The van der Waals surface area contributed by atoms with E-state index in [0.29, 0.717) is 43.6 Å². The predicted octanol–water partition coefficient (Wildman–Crippen LogP) is 4.43. The highest BCUT2D eigenvalue weighted by Gasteiger charge is 2.34. The molecule has 1 fully saturated rings. The van der Waals surface area contributed by atoms with Crippen molar-refractivity contribution < 1.29 is 24.1 Å². The predicted molar refractivity (Wildman–Crippen MR) is 137 cm³/mol. The van der Waals surface area contributed by atoms with Crippen molar-refractivity contribution in [2.45, 2.75) is 24.9 Å². The molecule has 37 heavy (non-hydrogen) atoms. The zero-order valence-electron chi connectivity index (χ0n) is 20.1. The highest BCUT2D eigenvalue weighted by molar-refractivity contribution is 5.95. The summed E-state index contributed by atoms with van der Waals surface area (Å²) >= 11 is 0. The summed E-state index contributed by atoms with van der Waals surface area (Å²) in [5.41, 5.74) is 5.92. The molecular formula is C28H27FN4O4. The Morgan fingerprint density at radius 2 is 1.81 bits per heavy atom. The van der Waals surface area contributed by atoms with Crippen molar-refractivity contribution in [3.05, 3.63) is 102 Å². The maximum absolute atomic E-state index is 14.8. The van der Waals surface area contributed by atoms with Crippen LogP contribution in [0.2, 0.25) is 0 Å². The number of rotatable bonds is 8. The van der Waals surface area contributed by atoms with E-state index >= 15 is 0 Å². The van der Waals surface area contributed by atoms with Crippen molar-refractivity contribution in [1.29, 1.82) is 0 Å². The van der Waals surface area contributed by atoms with Crippen LogP contribution >= 0.6 is 0 Å². The molecule has 0 spiro atoms. The second-order valence-electron chi connectivity index (χ2n) is 9.09. The second-order valence-corrected chi connectivity index (χ2v) is 9.09. The third-order valence-electron chi connectivity index (χ3n) is 6.51. The summed E-state index contributed by atoms with van der Waals surface area (Å²) < 4.78 is 14.8. The van der Waals surface area contributed by atoms with Crippen molar-refractivity contribution >= 4 is 22.5 Å². The van der Waals surface area contributed by atoms with Gasteiger partial charge in [0.05, 0.1) is 16.9 Å². The molecule has 2 heterocycles. The number of para-hydroxylation sites is 1. The van der Waals surface area contributed by atoms with Crippen LogP contribution in [0, 0.1) is 5.82 Å². The average molecular weight is 503 g/mol. The number of anilines is 1. The van der Waals surface area contributed by atoms with Gasteiger partial charge in [-0.15, -0.1) is 0 Å². The van der Waals surface area contributed by atoms with Crippen LogP contribution in [0.1, 0.15) is 28.8 Å². The van der Waals surface area contributed by atoms with E-state index in [-0.39, 0.29) is 11.3 Å². The number of benzene rings is 3. The Morgan fingerprint density at radius 1 is 1.03 bits per heavy atom. The summed E-state index contributed by atoms with van der Waals surface area (Å²) in [7, 11) is 0. The lowest BCUT2D eigenvalue weighted by molar-refractivity contribution is -0.0798. The van der Waals surface area contributed by atoms with E-state index in [1.807, 2.05) is 54.6 Å². The standard InChI is InChI=1S/C28H27FN4O4/c29-24-18-22(31-37-32-36-25-10-4-8-21-9-5-15-30-26(21)25)11-12-23(24)27(34)33-16-13-28(35,14-17-33)19-20-6-2-1-3-7-20/h1-12,15,18,31-32,35H,13-14,16-17,19H2. The Bertz CT molecular complexity index is 1370. The maximum Gasteiger partial charge on any atom is 0.256 e. The summed E-state index contributed by atoms with van der Waals surface area (Å²) in [5.74, 6) is -0.622. The van der Waals surface area contributed by atoms with Crippen molar-refractivity contribution in [1.82, 2.24) is 15.5 Å². The van der Waals surface area contributed by atoms with Crippen molar-refractivity contribution in [2.24, 2.45) is 0 Å². The Hall–Kier alpha value is -4.05. The van der Waals surface area contributed by atoms with Gasteiger partial charge in [-0.25, -0.2) is 9.87 Å². The van der Waals surface area contributed by atoms with Gasteiger partial charge in [0.15, 0.2) is 5.75 Å². The first-order valence-corrected chi connectivity index (χ1v) is 12.0. The highest BCUT2D eigenvalue weighted by Crippen LogP contribution is 2.28. The van der Waals surface area contributed by atoms with Gasteiger partial charge in [-0.2, -0.15) is 4.94 Å². The number of aromatic nitrogens is 1. The summed E-state index contributed by atoms with van der Waals surface area (Å²) in [5, 5.41) is 11.9. The van der Waals surface area contributed by atoms with Crippen LogP contribution in [0.3, 0.4) is 0 Å². The molecule has 0 unspecified atom stereocenters. The van der Waals surface area contributed by atoms with E-state index in [4.69, 9.17) is 9.78 Å². The molecule has 3 N–H and O–H groups in total. The molecule has 8 nitrogen and oxygen atoms in total. The molecule has 0 atom stereocenters. The fraction of sp³-hybridized carbons (Fsp3) is 0.214. The number of likely N-dealkylation sites (tertiary alicyclic amines) is 1. The number of halogens is 1. The SMILES string of the molecule is O=C(c1ccc(NONOc2cccc3cccnc23)cc1F)N1CCC(O)(Cc2ccccc2)CC1. The number of piperidine rings is 1. The number of amides is 1. The molecule has 1 aliphatic rings. The van der Waals surface area contributed by atoms with Gasteiger partial charge >= 0.3 is 0 Å². The van der Waals surface area contributed by atoms with Gasteiger partial charge in [0.2, 0.25) is 0 Å². The number of nitrogens with one attached hydrogen (secondary N) is 2. The van der Waals surface area contributed by atoms with Gasteiger partial charge in [-0.05, 0) is 48.3 Å². The normalized spacial score (nSPS) is 14.9. The quantitative estimate of drug-likeness (QED) is 0.242. The zero-order chi connectivity index (χ0) is 25.7. The third kappa shape index (κ3) is 5.86. The van der Waals surface area contributed by atoms with E-state index in [2.05, 4.69) is 16.1 Å². The molecule has 3 aromatic carbocycles. The summed E-state index contributed by atoms with van der Waals surface area (Å²) in [6.45, 7) is 0.712. The number of hydrogen-bond acceptors (Lipinski definition) is 7. The third-order valence-corrected chi connectivity index (χ3v) is 6.51. The first-order chi connectivity index (χ1) is 18.0. The van der Waals surface area contributed by atoms with Gasteiger partial charge in [-0.3, -0.25) is 9.78 Å². The molecule has 1 aliphatic heterocycles. The molecule has 0 aliphatic carbocycles. The lowest BCUT2D eigenvalue weighted by atomic mass is 9.85. The monoisotopic (exact) mass is 502 g/mol. The minimum atomic E-state index is -0.876. The average Bonchev–Trinajstić information content (AvgIpc) is 2.92. The van der Waals surface area contributed by atoms with E-state index in [0.717, 1.165) is 10.9 Å². The first-order valence-electron chi connectivity index (χ1n) is 12.0. The summed E-state index contributed by atoms with van der Waals surface area (Å²) in [6, 6.07) is 23.1. The molecule has 1 amide bonds. The fourth-order valence-corrected chi connectivity index (χ4v) is 4.51. The molecule has 9 heteroatoms. The van der Waals surface area contributed by atoms with Gasteiger partial charge in [0, 0.05) is 37.2 Å². The topological polar surface area (TPSA) is 96.0 Å². The number of nitrogens with zero attached hydrogens (tertiary/aromatic N) is 2. The van der Waals surface area contributed by atoms with Crippen LogP contribution in [-0.2, 0) is 11.4 Å².